The number of nitrogens with one attached hydrogen (secondary N) is 3. The zero-order valence-electron chi connectivity index (χ0n) is 16.8. The molecule has 2 fully saturated rings. The molecule has 0 spiro atoms. The van der Waals surface area contributed by atoms with Crippen molar-refractivity contribution in [1.29, 1.82) is 0 Å². The molecule has 3 N–H and O–H groups in total. The summed E-state index contributed by atoms with van der Waals surface area (Å²) in [5.74, 6) is -0.598. The molecule has 10 heteroatoms. The van der Waals surface area contributed by atoms with E-state index in [1.807, 2.05) is 0 Å². The standard InChI is InChI=1S/C22H19ClF2N6O/c23-18-17(13-7-27-30-20(13)21(19(18)25)26-6-10-1-2-10)11-3-4-16-28-15(9-31(16)8-11)29-22(32)12-5-14(12)24/h3-4,7-10,12,14,26H,1-2,5-6H2,(H,27,30)(H,29,32)/t12-,14+/m1/s1. The van der Waals surface area contributed by atoms with Crippen LogP contribution in [-0.4, -0.2) is 38.2 Å². The average Bonchev–Trinajstić information content (AvgIpc) is 3.64. The van der Waals surface area contributed by atoms with Gasteiger partial charge in [-0.1, -0.05) is 11.6 Å². The zero-order valence-corrected chi connectivity index (χ0v) is 17.6. The van der Waals surface area contributed by atoms with E-state index in [2.05, 4.69) is 25.8 Å². The number of pyridine rings is 1. The Balaban J connectivity index is 1.38. The lowest BCUT2D eigenvalue weighted by molar-refractivity contribution is -0.117. The van der Waals surface area contributed by atoms with Gasteiger partial charge < -0.3 is 15.0 Å². The minimum absolute atomic E-state index is 0.00732. The highest BCUT2D eigenvalue weighted by Gasteiger charge is 2.43. The van der Waals surface area contributed by atoms with E-state index in [-0.39, 0.29) is 17.4 Å². The van der Waals surface area contributed by atoms with Crippen LogP contribution in [0.1, 0.15) is 19.3 Å². The van der Waals surface area contributed by atoms with Crippen LogP contribution in [-0.2, 0) is 4.79 Å². The van der Waals surface area contributed by atoms with Crippen molar-refractivity contribution >= 4 is 45.6 Å². The van der Waals surface area contributed by atoms with E-state index in [1.165, 1.54) is 0 Å². The van der Waals surface area contributed by atoms with Gasteiger partial charge in [0.05, 0.1) is 34.5 Å². The number of amides is 1. The number of nitrogens with zero attached hydrogens (tertiary/aromatic N) is 3. The van der Waals surface area contributed by atoms with Crippen LogP contribution in [0, 0.1) is 17.7 Å². The van der Waals surface area contributed by atoms with Gasteiger partial charge in [-0.25, -0.2) is 13.8 Å². The molecule has 7 nitrogen and oxygen atoms in total. The molecule has 2 atom stereocenters. The molecule has 1 amide bonds. The lowest BCUT2D eigenvalue weighted by Gasteiger charge is -2.14. The first-order valence-electron chi connectivity index (χ1n) is 10.5. The predicted octanol–water partition coefficient (Wildman–Crippen LogP) is 4.79. The minimum Gasteiger partial charge on any atom is -0.381 e. The van der Waals surface area contributed by atoms with Crippen molar-refractivity contribution in [1.82, 2.24) is 19.6 Å². The van der Waals surface area contributed by atoms with Gasteiger partial charge in [-0.05, 0) is 37.3 Å². The molecule has 6 rings (SSSR count). The van der Waals surface area contributed by atoms with Crippen LogP contribution in [0.3, 0.4) is 0 Å². The Bertz CT molecular complexity index is 1380. The molecule has 2 aliphatic rings. The quantitative estimate of drug-likeness (QED) is 0.389. The van der Waals surface area contributed by atoms with Gasteiger partial charge in [-0.2, -0.15) is 5.10 Å². The van der Waals surface area contributed by atoms with E-state index in [1.54, 1.807) is 35.1 Å². The van der Waals surface area contributed by atoms with E-state index in [0.717, 1.165) is 12.8 Å². The van der Waals surface area contributed by atoms with Gasteiger partial charge in [0, 0.05) is 29.3 Å². The summed E-state index contributed by atoms with van der Waals surface area (Å²) in [5, 5.41) is 13.5. The fourth-order valence-corrected chi connectivity index (χ4v) is 4.29. The first-order valence-corrected chi connectivity index (χ1v) is 10.9. The molecule has 0 aliphatic heterocycles. The molecule has 0 unspecified atom stereocenters. The Labute approximate surface area is 186 Å². The van der Waals surface area contributed by atoms with Crippen LogP contribution in [0.5, 0.6) is 0 Å². The van der Waals surface area contributed by atoms with E-state index in [4.69, 9.17) is 11.6 Å². The van der Waals surface area contributed by atoms with Crippen LogP contribution in [0.15, 0.2) is 30.7 Å². The predicted molar refractivity (Wildman–Crippen MR) is 118 cm³/mol. The van der Waals surface area contributed by atoms with Crippen LogP contribution < -0.4 is 10.6 Å². The first kappa shape index (κ1) is 19.5. The second-order valence-corrected chi connectivity index (χ2v) is 8.90. The van der Waals surface area contributed by atoms with Gasteiger partial charge in [0.25, 0.3) is 0 Å². The van der Waals surface area contributed by atoms with E-state index >= 15 is 4.39 Å². The molecule has 0 bridgehead atoms. The number of aromatic amines is 1. The van der Waals surface area contributed by atoms with Crippen LogP contribution >= 0.6 is 11.6 Å². The molecule has 2 aliphatic carbocycles. The summed E-state index contributed by atoms with van der Waals surface area (Å²) in [4.78, 5) is 16.4. The molecule has 3 heterocycles. The third-order valence-electron chi connectivity index (χ3n) is 6.10. The van der Waals surface area contributed by atoms with Gasteiger partial charge in [-0.15, -0.1) is 0 Å². The maximum absolute atomic E-state index is 15.3. The molecule has 2 saturated carbocycles. The van der Waals surface area contributed by atoms with Crippen molar-refractivity contribution in [2.75, 3.05) is 17.2 Å². The summed E-state index contributed by atoms with van der Waals surface area (Å²) in [6.07, 6.45) is 6.50. The van der Waals surface area contributed by atoms with Gasteiger partial charge in [0.1, 0.15) is 11.8 Å². The Morgan fingerprint density at radius 1 is 1.31 bits per heavy atom. The van der Waals surface area contributed by atoms with E-state index < -0.39 is 17.9 Å². The largest absolute Gasteiger partial charge is 0.381 e. The second-order valence-electron chi connectivity index (χ2n) is 8.52. The SMILES string of the molecule is O=C(Nc1cn2cc(-c3c(Cl)c(F)c(NCC4CC4)c4[nH]ncc34)ccc2n1)[C@@H]1C[C@@H]1F. The lowest BCUT2D eigenvalue weighted by Crippen LogP contribution is -2.15. The third kappa shape index (κ3) is 3.28. The number of halogens is 3. The van der Waals surface area contributed by atoms with Crippen molar-refractivity contribution in [2.45, 2.75) is 25.4 Å². The molecular formula is C22H19ClF2N6O. The Morgan fingerprint density at radius 3 is 2.88 bits per heavy atom. The smallest absolute Gasteiger partial charge is 0.231 e. The number of carbonyl (C=O) groups excluding carboxylic acids is 1. The maximum Gasteiger partial charge on any atom is 0.231 e. The second kappa shape index (κ2) is 7.16. The van der Waals surface area contributed by atoms with Gasteiger partial charge in [0.15, 0.2) is 11.6 Å². The molecule has 164 valence electrons. The van der Waals surface area contributed by atoms with E-state index in [9.17, 15) is 9.18 Å². The number of carbonyl (C=O) groups is 1. The van der Waals surface area contributed by atoms with Crippen LogP contribution in [0.2, 0.25) is 5.02 Å². The van der Waals surface area contributed by atoms with Crippen molar-refractivity contribution in [3.63, 3.8) is 0 Å². The van der Waals surface area contributed by atoms with Gasteiger partial charge in [-0.3, -0.25) is 9.89 Å². The summed E-state index contributed by atoms with van der Waals surface area (Å²) in [6.45, 7) is 0.695. The summed E-state index contributed by atoms with van der Waals surface area (Å²) < 4.78 is 30.1. The summed E-state index contributed by atoms with van der Waals surface area (Å²) in [6, 6.07) is 3.54. The molecule has 4 aromatic rings. The molecular weight excluding hydrogens is 438 g/mol. The number of benzene rings is 1. The number of anilines is 2. The normalized spacial score (nSPS) is 20.1. The van der Waals surface area contributed by atoms with Crippen LogP contribution in [0.25, 0.3) is 27.7 Å². The maximum atomic E-state index is 15.3. The Kier molecular flexibility index (Phi) is 4.36. The topological polar surface area (TPSA) is 87.1 Å². The Hall–Kier alpha value is -3.20. The number of hydrogen-bond donors (Lipinski definition) is 3. The van der Waals surface area contributed by atoms with Crippen molar-refractivity contribution in [2.24, 2.45) is 11.8 Å². The monoisotopic (exact) mass is 456 g/mol. The highest BCUT2D eigenvalue weighted by molar-refractivity contribution is 6.36. The number of hydrogen-bond acceptors (Lipinski definition) is 4. The number of fused-ring (bicyclic) bond motifs is 2. The zero-order chi connectivity index (χ0) is 22.0. The van der Waals surface area contributed by atoms with Crippen molar-refractivity contribution in [3.05, 3.63) is 41.6 Å². The number of aromatic nitrogens is 4. The van der Waals surface area contributed by atoms with Gasteiger partial charge in [0.2, 0.25) is 5.91 Å². The number of alkyl halides is 1. The van der Waals surface area contributed by atoms with E-state index in [0.29, 0.717) is 51.6 Å². The highest BCUT2D eigenvalue weighted by Crippen LogP contribution is 2.42. The number of H-pyrrole nitrogens is 1. The summed E-state index contributed by atoms with van der Waals surface area (Å²) in [5.41, 5.74) is 2.66. The first-order chi connectivity index (χ1) is 15.5. The fourth-order valence-electron chi connectivity index (χ4n) is 3.98. The van der Waals surface area contributed by atoms with Gasteiger partial charge >= 0.3 is 0 Å². The minimum atomic E-state index is -1.07. The summed E-state index contributed by atoms with van der Waals surface area (Å²) >= 11 is 6.51. The van der Waals surface area contributed by atoms with Crippen LogP contribution in [0.4, 0.5) is 20.3 Å². The molecule has 32 heavy (non-hydrogen) atoms. The average molecular weight is 457 g/mol. The molecule has 0 radical (unpaired) electrons. The fraction of sp³-hybridized carbons (Fsp3) is 0.318. The third-order valence-corrected chi connectivity index (χ3v) is 6.45. The van der Waals surface area contributed by atoms with Crippen molar-refractivity contribution in [3.8, 4) is 11.1 Å². The summed E-state index contributed by atoms with van der Waals surface area (Å²) in [7, 11) is 0. The lowest BCUT2D eigenvalue weighted by atomic mass is 10.0. The number of rotatable bonds is 6. The highest BCUT2D eigenvalue weighted by atomic mass is 35.5. The van der Waals surface area contributed by atoms with Crippen molar-refractivity contribution < 1.29 is 13.6 Å². The Morgan fingerprint density at radius 2 is 2.12 bits per heavy atom. The molecule has 0 saturated heterocycles. The molecule has 3 aromatic heterocycles. The number of imidazole rings is 1. The molecule has 1 aromatic carbocycles.